The number of nitrogens with one attached hydrogen (secondary N) is 1. The molecule has 5 heteroatoms. The number of likely N-dealkylation sites (tertiary alicyclic amines) is 1. The monoisotopic (exact) mass is 305 g/mol. The van der Waals surface area contributed by atoms with E-state index in [4.69, 9.17) is 0 Å². The highest BCUT2D eigenvalue weighted by Gasteiger charge is 2.28. The molecule has 0 bridgehead atoms. The van der Waals surface area contributed by atoms with E-state index in [-0.39, 0.29) is 24.7 Å². The third-order valence-electron chi connectivity index (χ3n) is 4.10. The van der Waals surface area contributed by atoms with Crippen LogP contribution in [0.3, 0.4) is 0 Å². The third-order valence-corrected chi connectivity index (χ3v) is 4.10. The molecule has 1 aromatic rings. The van der Waals surface area contributed by atoms with Gasteiger partial charge in [-0.2, -0.15) is 0 Å². The van der Waals surface area contributed by atoms with E-state index in [1.165, 1.54) is 5.56 Å². The van der Waals surface area contributed by atoms with Gasteiger partial charge in [-0.05, 0) is 32.4 Å². The Labute approximate surface area is 132 Å². The topological polar surface area (TPSA) is 55.8 Å². The van der Waals surface area contributed by atoms with Gasteiger partial charge >= 0.3 is 6.03 Å². The van der Waals surface area contributed by atoms with Crippen molar-refractivity contribution >= 4 is 6.03 Å². The first-order chi connectivity index (χ1) is 10.6. The maximum atomic E-state index is 12.3. The summed E-state index contributed by atoms with van der Waals surface area (Å²) in [6.45, 7) is 4.46. The minimum Gasteiger partial charge on any atom is -0.394 e. The predicted molar refractivity (Wildman–Crippen MR) is 87.6 cm³/mol. The molecule has 2 N–H and O–H groups in total. The molecule has 1 saturated heterocycles. The van der Waals surface area contributed by atoms with Gasteiger partial charge in [0.05, 0.1) is 12.6 Å². The Morgan fingerprint density at radius 3 is 2.86 bits per heavy atom. The van der Waals surface area contributed by atoms with E-state index in [2.05, 4.69) is 29.4 Å². The second-order valence-electron chi connectivity index (χ2n) is 6.20. The molecule has 1 fully saturated rings. The van der Waals surface area contributed by atoms with Gasteiger partial charge in [-0.1, -0.05) is 30.3 Å². The van der Waals surface area contributed by atoms with Crippen LogP contribution in [-0.4, -0.2) is 59.8 Å². The van der Waals surface area contributed by atoms with Gasteiger partial charge < -0.3 is 20.2 Å². The van der Waals surface area contributed by atoms with Gasteiger partial charge in [-0.15, -0.1) is 0 Å². The second kappa shape index (κ2) is 8.15. The van der Waals surface area contributed by atoms with Crippen LogP contribution in [0.15, 0.2) is 30.3 Å². The van der Waals surface area contributed by atoms with Gasteiger partial charge in [0.2, 0.25) is 0 Å². The van der Waals surface area contributed by atoms with Crippen molar-refractivity contribution in [1.29, 1.82) is 0 Å². The van der Waals surface area contributed by atoms with E-state index >= 15 is 0 Å². The Hall–Kier alpha value is -1.59. The smallest absolute Gasteiger partial charge is 0.317 e. The van der Waals surface area contributed by atoms with E-state index in [9.17, 15) is 9.90 Å². The number of hydrogen-bond donors (Lipinski definition) is 2. The van der Waals surface area contributed by atoms with Gasteiger partial charge in [-0.25, -0.2) is 4.79 Å². The molecule has 1 heterocycles. The average molecular weight is 305 g/mol. The molecule has 2 amide bonds. The standard InChI is InChI=1S/C17H27N3O2/c1-14(11-19(2)12-15-7-4-3-5-8-15)18-17(22)20-10-6-9-16(20)13-21/h3-5,7-8,14,16,21H,6,9-13H2,1-2H3,(H,18,22)/t14?,16-/m1/s1. The number of aliphatic hydroxyl groups excluding tert-OH is 1. The summed E-state index contributed by atoms with van der Waals surface area (Å²) in [4.78, 5) is 16.2. The van der Waals surface area contributed by atoms with E-state index < -0.39 is 0 Å². The Balaban J connectivity index is 1.77. The van der Waals surface area contributed by atoms with E-state index in [1.54, 1.807) is 4.90 Å². The number of carbonyl (C=O) groups excluding carboxylic acids is 1. The number of hydrogen-bond acceptors (Lipinski definition) is 3. The number of benzene rings is 1. The van der Waals surface area contributed by atoms with Crippen LogP contribution < -0.4 is 5.32 Å². The summed E-state index contributed by atoms with van der Waals surface area (Å²) in [5, 5.41) is 12.3. The molecular weight excluding hydrogens is 278 g/mol. The maximum absolute atomic E-state index is 12.3. The minimum absolute atomic E-state index is 0.0192. The van der Waals surface area contributed by atoms with Crippen LogP contribution in [-0.2, 0) is 6.54 Å². The molecule has 0 aliphatic carbocycles. The number of amides is 2. The van der Waals surface area contributed by atoms with Crippen molar-refractivity contribution in [2.24, 2.45) is 0 Å². The summed E-state index contributed by atoms with van der Waals surface area (Å²) in [5.74, 6) is 0. The second-order valence-corrected chi connectivity index (χ2v) is 6.20. The molecule has 2 atom stereocenters. The number of aliphatic hydroxyl groups is 1. The number of rotatable bonds is 6. The third kappa shape index (κ3) is 4.71. The fraction of sp³-hybridized carbons (Fsp3) is 0.588. The first-order valence-electron chi connectivity index (χ1n) is 8.00. The Morgan fingerprint density at radius 2 is 2.18 bits per heavy atom. The van der Waals surface area contributed by atoms with Gasteiger partial charge in [0.1, 0.15) is 0 Å². The van der Waals surface area contributed by atoms with Crippen LogP contribution in [0.25, 0.3) is 0 Å². The van der Waals surface area contributed by atoms with Crippen LogP contribution >= 0.6 is 0 Å². The zero-order valence-electron chi connectivity index (χ0n) is 13.5. The molecule has 1 aliphatic heterocycles. The van der Waals surface area contributed by atoms with Crippen molar-refractivity contribution in [2.75, 3.05) is 26.7 Å². The molecule has 0 aromatic heterocycles. The normalized spacial score (nSPS) is 19.5. The van der Waals surface area contributed by atoms with Crippen LogP contribution in [0.1, 0.15) is 25.3 Å². The number of urea groups is 1. The fourth-order valence-corrected chi connectivity index (χ4v) is 3.06. The first-order valence-corrected chi connectivity index (χ1v) is 8.00. The highest BCUT2D eigenvalue weighted by Crippen LogP contribution is 2.16. The summed E-state index contributed by atoms with van der Waals surface area (Å²) in [6, 6.07) is 10.3. The number of carbonyl (C=O) groups is 1. The summed E-state index contributed by atoms with van der Waals surface area (Å²) in [7, 11) is 2.06. The summed E-state index contributed by atoms with van der Waals surface area (Å²) in [5.41, 5.74) is 1.27. The maximum Gasteiger partial charge on any atom is 0.317 e. The molecule has 5 nitrogen and oxygen atoms in total. The summed E-state index contributed by atoms with van der Waals surface area (Å²) in [6.07, 6.45) is 1.87. The molecular formula is C17H27N3O2. The Morgan fingerprint density at radius 1 is 1.45 bits per heavy atom. The SMILES string of the molecule is CC(CN(C)Cc1ccccc1)NC(=O)N1CCC[C@@H]1CO. The van der Waals surface area contributed by atoms with E-state index in [1.807, 2.05) is 25.1 Å². The largest absolute Gasteiger partial charge is 0.394 e. The van der Waals surface area contributed by atoms with Gasteiger partial charge in [0.15, 0.2) is 0 Å². The quantitative estimate of drug-likeness (QED) is 0.840. The minimum atomic E-state index is -0.0582. The Bertz CT molecular complexity index is 466. The Kier molecular flexibility index (Phi) is 6.21. The zero-order valence-corrected chi connectivity index (χ0v) is 13.5. The zero-order chi connectivity index (χ0) is 15.9. The average Bonchev–Trinajstić information content (AvgIpc) is 2.96. The molecule has 1 aromatic carbocycles. The lowest BCUT2D eigenvalue weighted by atomic mass is 10.2. The van der Waals surface area contributed by atoms with Crippen molar-refractivity contribution in [3.63, 3.8) is 0 Å². The summed E-state index contributed by atoms with van der Waals surface area (Å²) < 4.78 is 0. The fourth-order valence-electron chi connectivity index (χ4n) is 3.06. The highest BCUT2D eigenvalue weighted by atomic mass is 16.3. The van der Waals surface area contributed by atoms with Gasteiger partial charge in [0.25, 0.3) is 0 Å². The highest BCUT2D eigenvalue weighted by molar-refractivity contribution is 5.75. The van der Waals surface area contributed by atoms with Crippen molar-refractivity contribution < 1.29 is 9.90 Å². The van der Waals surface area contributed by atoms with E-state index in [0.29, 0.717) is 0 Å². The summed E-state index contributed by atoms with van der Waals surface area (Å²) >= 11 is 0. The molecule has 0 spiro atoms. The lowest BCUT2D eigenvalue weighted by Crippen LogP contribution is -2.49. The molecule has 0 radical (unpaired) electrons. The van der Waals surface area contributed by atoms with Crippen molar-refractivity contribution in [1.82, 2.24) is 15.1 Å². The van der Waals surface area contributed by atoms with Crippen LogP contribution in [0.5, 0.6) is 0 Å². The van der Waals surface area contributed by atoms with Gasteiger partial charge in [-0.3, -0.25) is 0 Å². The lowest BCUT2D eigenvalue weighted by molar-refractivity contribution is 0.153. The first kappa shape index (κ1) is 16.8. The molecule has 122 valence electrons. The van der Waals surface area contributed by atoms with Crippen LogP contribution in [0.2, 0.25) is 0 Å². The van der Waals surface area contributed by atoms with Crippen molar-refractivity contribution in [2.45, 2.75) is 38.4 Å². The predicted octanol–water partition coefficient (Wildman–Crippen LogP) is 1.67. The van der Waals surface area contributed by atoms with Crippen molar-refractivity contribution in [3.8, 4) is 0 Å². The molecule has 0 saturated carbocycles. The van der Waals surface area contributed by atoms with Gasteiger partial charge in [0, 0.05) is 25.7 Å². The van der Waals surface area contributed by atoms with E-state index in [0.717, 1.165) is 32.5 Å². The van der Waals surface area contributed by atoms with Crippen molar-refractivity contribution in [3.05, 3.63) is 35.9 Å². The van der Waals surface area contributed by atoms with Crippen LogP contribution in [0, 0.1) is 0 Å². The van der Waals surface area contributed by atoms with Crippen LogP contribution in [0.4, 0.5) is 4.79 Å². The lowest BCUT2D eigenvalue weighted by Gasteiger charge is -2.27. The molecule has 1 aliphatic rings. The molecule has 1 unspecified atom stereocenters. The molecule has 2 rings (SSSR count). The molecule has 22 heavy (non-hydrogen) atoms. The number of nitrogens with zero attached hydrogens (tertiary/aromatic N) is 2. The number of likely N-dealkylation sites (N-methyl/N-ethyl adjacent to an activating group) is 1.